The Morgan fingerprint density at radius 3 is 2.81 bits per heavy atom. The van der Waals surface area contributed by atoms with Crippen molar-refractivity contribution in [1.82, 2.24) is 15.5 Å². The number of hydrogen-bond donors (Lipinski definition) is 1. The van der Waals surface area contributed by atoms with Crippen LogP contribution in [0, 0.1) is 6.92 Å². The van der Waals surface area contributed by atoms with Gasteiger partial charge in [-0.2, -0.15) is 0 Å². The van der Waals surface area contributed by atoms with Crippen LogP contribution in [-0.2, 0) is 6.54 Å². The highest BCUT2D eigenvalue weighted by Gasteiger charge is 2.15. The predicted molar refractivity (Wildman–Crippen MR) is 103 cm³/mol. The summed E-state index contributed by atoms with van der Waals surface area (Å²) in [5, 5.41) is 9.66. The standard InChI is InChI=1S/C19H15N3O2S2/c1-12-17(26-19(21-12)13-6-3-2-4-7-13)11-20-18(23)14-10-15(24-22-14)16-8-5-9-25-16/h2-10H,11H2,1H3,(H,20,23). The normalized spacial score (nSPS) is 10.8. The maximum absolute atomic E-state index is 12.3. The highest BCUT2D eigenvalue weighted by atomic mass is 32.1. The second-order valence-electron chi connectivity index (χ2n) is 5.63. The molecule has 3 heterocycles. The second kappa shape index (κ2) is 7.23. The molecule has 130 valence electrons. The Morgan fingerprint density at radius 2 is 2.04 bits per heavy atom. The minimum Gasteiger partial charge on any atom is -0.355 e. The maximum Gasteiger partial charge on any atom is 0.273 e. The molecule has 5 nitrogen and oxygen atoms in total. The molecule has 1 aromatic carbocycles. The van der Waals surface area contributed by atoms with E-state index >= 15 is 0 Å². The predicted octanol–water partition coefficient (Wildman–Crippen LogP) is 4.77. The van der Waals surface area contributed by atoms with E-state index in [1.165, 1.54) is 0 Å². The van der Waals surface area contributed by atoms with E-state index in [9.17, 15) is 4.79 Å². The minimum absolute atomic E-state index is 0.259. The first kappa shape index (κ1) is 16.7. The van der Waals surface area contributed by atoms with Crippen molar-refractivity contribution in [2.24, 2.45) is 0 Å². The fourth-order valence-electron chi connectivity index (χ4n) is 2.46. The summed E-state index contributed by atoms with van der Waals surface area (Å²) in [6.07, 6.45) is 0. The van der Waals surface area contributed by atoms with Gasteiger partial charge in [0.05, 0.1) is 17.1 Å². The number of aryl methyl sites for hydroxylation is 1. The first-order valence-electron chi connectivity index (χ1n) is 8.01. The lowest BCUT2D eigenvalue weighted by atomic mass is 10.2. The van der Waals surface area contributed by atoms with Crippen LogP contribution >= 0.6 is 22.7 Å². The molecule has 0 atom stereocenters. The molecule has 0 spiro atoms. The van der Waals surface area contributed by atoms with Crippen LogP contribution in [0.1, 0.15) is 21.1 Å². The molecule has 0 aliphatic rings. The molecule has 4 aromatic rings. The number of rotatable bonds is 5. The quantitative estimate of drug-likeness (QED) is 0.541. The van der Waals surface area contributed by atoms with Crippen molar-refractivity contribution in [3.63, 3.8) is 0 Å². The van der Waals surface area contributed by atoms with Gasteiger partial charge >= 0.3 is 0 Å². The third-order valence-corrected chi connectivity index (χ3v) is 5.92. The third-order valence-electron chi connectivity index (χ3n) is 3.83. The second-order valence-corrected chi connectivity index (χ2v) is 7.66. The summed E-state index contributed by atoms with van der Waals surface area (Å²) in [6, 6.07) is 15.5. The Morgan fingerprint density at radius 1 is 1.19 bits per heavy atom. The Labute approximate surface area is 158 Å². The van der Waals surface area contributed by atoms with E-state index in [0.29, 0.717) is 12.3 Å². The Kier molecular flexibility index (Phi) is 4.64. The van der Waals surface area contributed by atoms with Gasteiger partial charge < -0.3 is 9.84 Å². The van der Waals surface area contributed by atoms with Gasteiger partial charge in [-0.3, -0.25) is 4.79 Å². The van der Waals surface area contributed by atoms with E-state index in [1.807, 2.05) is 54.8 Å². The number of carbonyl (C=O) groups is 1. The molecule has 3 aromatic heterocycles. The molecule has 0 aliphatic carbocycles. The molecule has 4 rings (SSSR count). The van der Waals surface area contributed by atoms with Crippen LogP contribution in [0.4, 0.5) is 0 Å². The number of thiophene rings is 1. The number of thiazole rings is 1. The summed E-state index contributed by atoms with van der Waals surface area (Å²) in [4.78, 5) is 18.9. The smallest absolute Gasteiger partial charge is 0.273 e. The van der Waals surface area contributed by atoms with Gasteiger partial charge in [-0.15, -0.1) is 22.7 Å². The number of hydrogen-bond acceptors (Lipinski definition) is 6. The van der Waals surface area contributed by atoms with Crippen molar-refractivity contribution in [3.8, 4) is 21.2 Å². The average Bonchev–Trinajstić information content (AvgIpc) is 3.41. The number of carbonyl (C=O) groups excluding carboxylic acids is 1. The zero-order valence-electron chi connectivity index (χ0n) is 13.9. The number of benzene rings is 1. The largest absolute Gasteiger partial charge is 0.355 e. The number of aromatic nitrogens is 2. The van der Waals surface area contributed by atoms with E-state index in [-0.39, 0.29) is 11.6 Å². The van der Waals surface area contributed by atoms with Gasteiger partial charge in [-0.05, 0) is 18.4 Å². The minimum atomic E-state index is -0.259. The van der Waals surface area contributed by atoms with Gasteiger partial charge in [0.15, 0.2) is 11.5 Å². The SMILES string of the molecule is Cc1nc(-c2ccccc2)sc1CNC(=O)c1cc(-c2cccs2)on1. The van der Waals surface area contributed by atoms with E-state index in [0.717, 1.165) is 26.0 Å². The molecule has 0 fully saturated rings. The van der Waals surface area contributed by atoms with Crippen LogP contribution in [0.5, 0.6) is 0 Å². The van der Waals surface area contributed by atoms with E-state index < -0.39 is 0 Å². The summed E-state index contributed by atoms with van der Waals surface area (Å²) in [6.45, 7) is 2.37. The molecule has 0 unspecified atom stereocenters. The first-order valence-corrected chi connectivity index (χ1v) is 9.71. The fourth-order valence-corrected chi connectivity index (χ4v) is 4.15. The molecule has 1 amide bonds. The van der Waals surface area contributed by atoms with Crippen molar-refractivity contribution in [1.29, 1.82) is 0 Å². The van der Waals surface area contributed by atoms with E-state index in [4.69, 9.17) is 4.52 Å². The molecular formula is C19H15N3O2S2. The lowest BCUT2D eigenvalue weighted by Gasteiger charge is -2.00. The Balaban J connectivity index is 1.44. The molecule has 7 heteroatoms. The third kappa shape index (κ3) is 3.44. The van der Waals surface area contributed by atoms with Crippen LogP contribution in [-0.4, -0.2) is 16.0 Å². The van der Waals surface area contributed by atoms with E-state index in [1.54, 1.807) is 28.7 Å². The summed E-state index contributed by atoms with van der Waals surface area (Å²) < 4.78 is 5.26. The summed E-state index contributed by atoms with van der Waals surface area (Å²) in [5.41, 5.74) is 2.28. The molecule has 0 radical (unpaired) electrons. The number of nitrogens with zero attached hydrogens (tertiary/aromatic N) is 2. The van der Waals surface area contributed by atoms with Gasteiger partial charge in [0.25, 0.3) is 5.91 Å². The van der Waals surface area contributed by atoms with Crippen molar-refractivity contribution >= 4 is 28.6 Å². The Bertz CT molecular complexity index is 1020. The first-order chi connectivity index (χ1) is 12.7. The van der Waals surface area contributed by atoms with Gasteiger partial charge in [0.2, 0.25) is 0 Å². The van der Waals surface area contributed by atoms with Gasteiger partial charge in [0, 0.05) is 16.5 Å². The molecular weight excluding hydrogens is 366 g/mol. The average molecular weight is 381 g/mol. The highest BCUT2D eigenvalue weighted by Crippen LogP contribution is 2.28. The van der Waals surface area contributed by atoms with Crippen LogP contribution in [0.2, 0.25) is 0 Å². The van der Waals surface area contributed by atoms with Crippen LogP contribution in [0.25, 0.3) is 21.2 Å². The molecule has 0 aliphatic heterocycles. The zero-order valence-corrected chi connectivity index (χ0v) is 15.6. The van der Waals surface area contributed by atoms with Crippen LogP contribution in [0.15, 0.2) is 58.4 Å². The number of amides is 1. The van der Waals surface area contributed by atoms with Crippen molar-refractivity contribution in [2.75, 3.05) is 0 Å². The lowest BCUT2D eigenvalue weighted by Crippen LogP contribution is -2.22. The van der Waals surface area contributed by atoms with Crippen LogP contribution < -0.4 is 5.32 Å². The zero-order chi connectivity index (χ0) is 17.9. The summed E-state index contributed by atoms with van der Waals surface area (Å²) in [5.74, 6) is 0.344. The fraction of sp³-hybridized carbons (Fsp3) is 0.105. The van der Waals surface area contributed by atoms with Gasteiger partial charge in [0.1, 0.15) is 5.01 Å². The van der Waals surface area contributed by atoms with E-state index in [2.05, 4.69) is 15.5 Å². The van der Waals surface area contributed by atoms with Crippen molar-refractivity contribution in [3.05, 3.63) is 70.2 Å². The van der Waals surface area contributed by atoms with Gasteiger partial charge in [-0.1, -0.05) is 41.6 Å². The maximum atomic E-state index is 12.3. The molecule has 0 bridgehead atoms. The highest BCUT2D eigenvalue weighted by molar-refractivity contribution is 7.15. The van der Waals surface area contributed by atoms with Gasteiger partial charge in [-0.25, -0.2) is 4.98 Å². The number of nitrogens with one attached hydrogen (secondary N) is 1. The van der Waals surface area contributed by atoms with Crippen molar-refractivity contribution in [2.45, 2.75) is 13.5 Å². The monoisotopic (exact) mass is 381 g/mol. The van der Waals surface area contributed by atoms with Crippen LogP contribution in [0.3, 0.4) is 0 Å². The Hall–Kier alpha value is -2.77. The molecule has 26 heavy (non-hydrogen) atoms. The molecule has 0 saturated carbocycles. The topological polar surface area (TPSA) is 68.0 Å². The molecule has 1 N–H and O–H groups in total. The lowest BCUT2D eigenvalue weighted by molar-refractivity contribution is 0.0942. The van der Waals surface area contributed by atoms with Crippen molar-refractivity contribution < 1.29 is 9.32 Å². The molecule has 0 saturated heterocycles. The summed E-state index contributed by atoms with van der Waals surface area (Å²) in [7, 11) is 0. The summed E-state index contributed by atoms with van der Waals surface area (Å²) >= 11 is 3.13.